The summed E-state index contributed by atoms with van der Waals surface area (Å²) < 4.78 is 10.3. The molecule has 1 aromatic carbocycles. The van der Waals surface area contributed by atoms with Crippen LogP contribution in [0.25, 0.3) is 0 Å². The van der Waals surface area contributed by atoms with Crippen LogP contribution in [0.4, 0.5) is 5.95 Å². The lowest BCUT2D eigenvalue weighted by atomic mass is 10.2. The van der Waals surface area contributed by atoms with Gasteiger partial charge in [-0.15, -0.1) is 0 Å². The molecule has 0 amide bonds. The van der Waals surface area contributed by atoms with Crippen molar-refractivity contribution < 1.29 is 9.47 Å². The number of hydrogen-bond donors (Lipinski definition) is 1. The van der Waals surface area contributed by atoms with Crippen molar-refractivity contribution in [2.75, 3.05) is 14.2 Å². The average Bonchev–Trinajstić information content (AvgIpc) is 2.89. The Kier molecular flexibility index (Phi) is 3.34. The predicted molar refractivity (Wildman–Crippen MR) is 63.2 cm³/mol. The molecule has 0 aliphatic rings. The van der Waals surface area contributed by atoms with E-state index >= 15 is 0 Å². The quantitative estimate of drug-likeness (QED) is 0.812. The minimum Gasteiger partial charge on any atom is -0.493 e. The zero-order valence-corrected chi connectivity index (χ0v) is 9.54. The Hall–Kier alpha value is -2.37. The summed E-state index contributed by atoms with van der Waals surface area (Å²) in [5.41, 5.74) is 0.888. The molecule has 0 saturated carbocycles. The van der Waals surface area contributed by atoms with Gasteiger partial charge >= 0.3 is 0 Å². The Labute approximate surface area is 98.3 Å². The highest BCUT2D eigenvalue weighted by Crippen LogP contribution is 2.26. The third kappa shape index (κ3) is 2.60. The zero-order valence-electron chi connectivity index (χ0n) is 9.54. The Bertz CT molecular complexity index is 508. The Morgan fingerprint density at radius 2 is 2.06 bits per heavy atom. The molecular weight excluding hydrogens is 220 g/mol. The highest BCUT2D eigenvalue weighted by molar-refractivity contribution is 5.82. The number of hydrogen-bond acceptors (Lipinski definition) is 5. The van der Waals surface area contributed by atoms with Crippen LogP contribution in [0.15, 0.2) is 29.5 Å². The monoisotopic (exact) mass is 232 g/mol. The second-order valence-corrected chi connectivity index (χ2v) is 3.18. The van der Waals surface area contributed by atoms with E-state index in [2.05, 4.69) is 20.2 Å². The highest BCUT2D eigenvalue weighted by Gasteiger charge is 2.02. The van der Waals surface area contributed by atoms with Crippen LogP contribution in [0.1, 0.15) is 5.56 Å². The molecule has 0 aliphatic carbocycles. The van der Waals surface area contributed by atoms with Crippen LogP contribution < -0.4 is 9.47 Å². The van der Waals surface area contributed by atoms with Crippen molar-refractivity contribution in [1.29, 1.82) is 0 Å². The third-order valence-corrected chi connectivity index (χ3v) is 2.15. The Balaban J connectivity index is 2.22. The van der Waals surface area contributed by atoms with Crippen LogP contribution in [-0.4, -0.2) is 35.6 Å². The molecule has 17 heavy (non-hydrogen) atoms. The first-order valence-electron chi connectivity index (χ1n) is 4.95. The average molecular weight is 232 g/mol. The molecule has 0 radical (unpaired) electrons. The molecule has 2 aromatic rings. The number of H-pyrrole nitrogens is 1. The largest absolute Gasteiger partial charge is 0.493 e. The summed E-state index contributed by atoms with van der Waals surface area (Å²) in [7, 11) is 3.19. The topological polar surface area (TPSA) is 72.4 Å². The summed E-state index contributed by atoms with van der Waals surface area (Å²) in [6, 6.07) is 5.53. The molecule has 0 fully saturated rings. The maximum absolute atomic E-state index is 5.19. The van der Waals surface area contributed by atoms with Gasteiger partial charge in [-0.1, -0.05) is 0 Å². The fraction of sp³-hybridized carbons (Fsp3) is 0.182. The van der Waals surface area contributed by atoms with Crippen molar-refractivity contribution >= 4 is 12.2 Å². The van der Waals surface area contributed by atoms with Gasteiger partial charge in [0.2, 0.25) is 5.95 Å². The minimum atomic E-state index is 0.458. The summed E-state index contributed by atoms with van der Waals surface area (Å²) in [5, 5.41) is 6.34. The van der Waals surface area contributed by atoms with Gasteiger partial charge in [-0.3, -0.25) is 0 Å². The van der Waals surface area contributed by atoms with Crippen LogP contribution in [0, 0.1) is 0 Å². The van der Waals surface area contributed by atoms with E-state index < -0.39 is 0 Å². The fourth-order valence-corrected chi connectivity index (χ4v) is 1.33. The molecule has 1 heterocycles. The number of aliphatic imine (C=N–C) groups is 1. The van der Waals surface area contributed by atoms with Crippen LogP contribution in [0.2, 0.25) is 0 Å². The molecule has 0 unspecified atom stereocenters. The van der Waals surface area contributed by atoms with E-state index in [4.69, 9.17) is 9.47 Å². The molecule has 0 saturated heterocycles. The van der Waals surface area contributed by atoms with Crippen molar-refractivity contribution in [2.45, 2.75) is 0 Å². The highest BCUT2D eigenvalue weighted by atomic mass is 16.5. The van der Waals surface area contributed by atoms with Gasteiger partial charge in [0.15, 0.2) is 11.5 Å². The Morgan fingerprint density at radius 1 is 1.24 bits per heavy atom. The number of methoxy groups -OCH3 is 2. The van der Waals surface area contributed by atoms with Gasteiger partial charge in [0.05, 0.1) is 14.2 Å². The van der Waals surface area contributed by atoms with E-state index in [1.807, 2.05) is 18.2 Å². The summed E-state index contributed by atoms with van der Waals surface area (Å²) >= 11 is 0. The van der Waals surface area contributed by atoms with Gasteiger partial charge in [-0.2, -0.15) is 10.1 Å². The van der Waals surface area contributed by atoms with Crippen LogP contribution in [0.3, 0.4) is 0 Å². The van der Waals surface area contributed by atoms with Crippen molar-refractivity contribution in [2.24, 2.45) is 4.99 Å². The molecule has 1 aromatic heterocycles. The number of nitrogens with one attached hydrogen (secondary N) is 1. The number of benzene rings is 1. The Morgan fingerprint density at radius 3 is 2.71 bits per heavy atom. The lowest BCUT2D eigenvalue weighted by Gasteiger charge is -2.07. The second-order valence-electron chi connectivity index (χ2n) is 3.18. The minimum absolute atomic E-state index is 0.458. The summed E-state index contributed by atoms with van der Waals surface area (Å²) in [6.45, 7) is 0. The number of rotatable bonds is 4. The van der Waals surface area contributed by atoms with Crippen molar-refractivity contribution in [3.05, 3.63) is 30.1 Å². The number of nitrogens with zero attached hydrogens (tertiary/aromatic N) is 3. The smallest absolute Gasteiger partial charge is 0.245 e. The molecule has 6 heteroatoms. The van der Waals surface area contributed by atoms with Gasteiger partial charge in [0, 0.05) is 6.21 Å². The maximum Gasteiger partial charge on any atom is 0.245 e. The SMILES string of the molecule is COc1ccc(/C=N/c2ncn[nH]2)cc1OC. The van der Waals surface area contributed by atoms with E-state index in [1.165, 1.54) is 6.33 Å². The first-order chi connectivity index (χ1) is 8.33. The zero-order chi connectivity index (χ0) is 12.1. The van der Waals surface area contributed by atoms with E-state index in [9.17, 15) is 0 Å². The first kappa shape index (κ1) is 11.1. The number of aromatic amines is 1. The molecule has 0 aliphatic heterocycles. The predicted octanol–water partition coefficient (Wildman–Crippen LogP) is 1.57. The van der Waals surface area contributed by atoms with Crippen LogP contribution in [0.5, 0.6) is 11.5 Å². The normalized spacial score (nSPS) is 10.7. The number of ether oxygens (including phenoxy) is 2. The molecule has 0 spiro atoms. The number of aromatic nitrogens is 3. The van der Waals surface area contributed by atoms with Crippen molar-refractivity contribution in [3.63, 3.8) is 0 Å². The van der Waals surface area contributed by atoms with Crippen LogP contribution >= 0.6 is 0 Å². The second kappa shape index (κ2) is 5.11. The lowest BCUT2D eigenvalue weighted by molar-refractivity contribution is 0.355. The lowest BCUT2D eigenvalue weighted by Crippen LogP contribution is -1.92. The summed E-state index contributed by atoms with van der Waals surface area (Å²) in [4.78, 5) is 8.00. The summed E-state index contributed by atoms with van der Waals surface area (Å²) in [5.74, 6) is 1.80. The van der Waals surface area contributed by atoms with Gasteiger partial charge in [0.1, 0.15) is 6.33 Å². The molecular formula is C11H12N4O2. The van der Waals surface area contributed by atoms with Gasteiger partial charge in [-0.05, 0) is 23.8 Å². The standard InChI is InChI=1S/C11H12N4O2/c1-16-9-4-3-8(5-10(9)17-2)6-12-11-13-7-14-15-11/h3-7H,1-2H3,(H,13,14,15)/b12-6+. The summed E-state index contributed by atoms with van der Waals surface area (Å²) in [6.07, 6.45) is 3.07. The molecule has 1 N–H and O–H groups in total. The van der Waals surface area contributed by atoms with Crippen molar-refractivity contribution in [1.82, 2.24) is 15.2 Å². The van der Waals surface area contributed by atoms with Crippen molar-refractivity contribution in [3.8, 4) is 11.5 Å². The van der Waals surface area contributed by atoms with Gasteiger partial charge in [0.25, 0.3) is 0 Å². The van der Waals surface area contributed by atoms with Gasteiger partial charge < -0.3 is 9.47 Å². The molecule has 2 rings (SSSR count). The van der Waals surface area contributed by atoms with E-state index in [1.54, 1.807) is 20.4 Å². The molecule has 88 valence electrons. The fourth-order valence-electron chi connectivity index (χ4n) is 1.33. The third-order valence-electron chi connectivity index (χ3n) is 2.15. The maximum atomic E-state index is 5.19. The molecule has 0 atom stereocenters. The molecule has 6 nitrogen and oxygen atoms in total. The van der Waals surface area contributed by atoms with E-state index in [0.717, 1.165) is 5.56 Å². The molecule has 0 bridgehead atoms. The van der Waals surface area contributed by atoms with Crippen LogP contribution in [-0.2, 0) is 0 Å². The first-order valence-corrected chi connectivity index (χ1v) is 4.95. The van der Waals surface area contributed by atoms with Gasteiger partial charge in [-0.25, -0.2) is 10.1 Å². The van der Waals surface area contributed by atoms with E-state index in [0.29, 0.717) is 17.4 Å². The van der Waals surface area contributed by atoms with E-state index in [-0.39, 0.29) is 0 Å².